The second-order valence-corrected chi connectivity index (χ2v) is 7.61. The second kappa shape index (κ2) is 6.67. The molecule has 3 aromatic rings. The Morgan fingerprint density at radius 1 is 1.07 bits per heavy atom. The van der Waals surface area contributed by atoms with E-state index >= 15 is 0 Å². The van der Waals surface area contributed by atoms with E-state index in [0.717, 1.165) is 12.8 Å². The molecule has 2 aromatic carbocycles. The fraction of sp³-hybridized carbons (Fsp3) is 0.273. The first kappa shape index (κ1) is 17.3. The van der Waals surface area contributed by atoms with E-state index < -0.39 is 0 Å². The van der Waals surface area contributed by atoms with Crippen molar-refractivity contribution in [1.29, 1.82) is 0 Å². The number of fused-ring (bicyclic) bond motifs is 2. The summed E-state index contributed by atoms with van der Waals surface area (Å²) >= 11 is 6.20. The van der Waals surface area contributed by atoms with Gasteiger partial charge in [0, 0.05) is 6.54 Å². The lowest BCUT2D eigenvalue weighted by molar-refractivity contribution is 0.0945. The maximum Gasteiger partial charge on any atom is 0.294 e. The van der Waals surface area contributed by atoms with Gasteiger partial charge in [-0.25, -0.2) is 0 Å². The number of nitrogens with zero attached hydrogens (tertiary/aromatic N) is 1. The number of amides is 1. The summed E-state index contributed by atoms with van der Waals surface area (Å²) in [5.74, 6) is 0.408. The normalized spacial score (nSPS) is 16.8. The van der Waals surface area contributed by atoms with Crippen molar-refractivity contribution >= 4 is 34.2 Å². The lowest BCUT2D eigenvalue weighted by atomic mass is 9.96. The predicted molar refractivity (Wildman–Crippen MR) is 108 cm³/mol. The smallest absolute Gasteiger partial charge is 0.294 e. The third-order valence-corrected chi connectivity index (χ3v) is 5.79. The zero-order valence-corrected chi connectivity index (χ0v) is 15.9. The van der Waals surface area contributed by atoms with Gasteiger partial charge < -0.3 is 14.1 Å². The topological polar surface area (TPSA) is 59.8 Å². The van der Waals surface area contributed by atoms with Gasteiger partial charge in [0.25, 0.3) is 5.91 Å². The molecule has 5 rings (SSSR count). The van der Waals surface area contributed by atoms with Crippen LogP contribution in [0.3, 0.4) is 0 Å². The molecule has 5 nitrogen and oxygen atoms in total. The molecule has 0 saturated heterocycles. The fourth-order valence-electron chi connectivity index (χ4n) is 3.75. The number of carbonyl (C=O) groups is 1. The number of hydrogen-bond acceptors (Lipinski definition) is 4. The quantitative estimate of drug-likeness (QED) is 0.651. The molecule has 2 heterocycles. The average Bonchev–Trinajstić information content (AvgIpc) is 2.67. The Kier molecular flexibility index (Phi) is 4.13. The van der Waals surface area contributed by atoms with Crippen LogP contribution in [-0.2, 0) is 6.42 Å². The summed E-state index contributed by atoms with van der Waals surface area (Å²) in [4.78, 5) is 27.7. The van der Waals surface area contributed by atoms with Crippen molar-refractivity contribution in [2.75, 3.05) is 11.4 Å². The Morgan fingerprint density at radius 2 is 1.89 bits per heavy atom. The predicted octanol–water partition coefficient (Wildman–Crippen LogP) is 4.58. The van der Waals surface area contributed by atoms with Crippen LogP contribution in [0.5, 0.6) is 5.75 Å². The minimum Gasteiger partial charge on any atom is -0.488 e. The molecule has 0 spiro atoms. The highest BCUT2D eigenvalue weighted by atomic mass is 35.5. The standard InChI is InChI=1S/C22H18ClNO4/c23-16-8-4-7-14-19(25)15-11-12-24(22(26)21(15)28-20(14)16)17-9-1-2-10-18(17)27-13-5-3-6-13/h1-2,4,7-10,13H,3,5-6,11-12H2. The molecule has 1 amide bonds. The molecule has 1 aromatic heterocycles. The van der Waals surface area contributed by atoms with E-state index in [2.05, 4.69) is 0 Å². The fourth-order valence-corrected chi connectivity index (χ4v) is 3.96. The molecule has 0 bridgehead atoms. The van der Waals surface area contributed by atoms with Crippen molar-refractivity contribution in [2.24, 2.45) is 0 Å². The summed E-state index contributed by atoms with van der Waals surface area (Å²) < 4.78 is 11.9. The molecule has 0 atom stereocenters. The molecule has 0 N–H and O–H groups in total. The van der Waals surface area contributed by atoms with Crippen LogP contribution in [0.4, 0.5) is 5.69 Å². The van der Waals surface area contributed by atoms with E-state index in [4.69, 9.17) is 20.8 Å². The van der Waals surface area contributed by atoms with Crippen LogP contribution in [0, 0.1) is 0 Å². The molecule has 2 aliphatic rings. The summed E-state index contributed by atoms with van der Waals surface area (Å²) in [6.07, 6.45) is 3.86. The molecule has 0 unspecified atom stereocenters. The van der Waals surface area contributed by atoms with Crippen LogP contribution >= 0.6 is 11.6 Å². The number of rotatable bonds is 3. The van der Waals surface area contributed by atoms with E-state index in [1.807, 2.05) is 24.3 Å². The molecular weight excluding hydrogens is 378 g/mol. The third kappa shape index (κ3) is 2.69. The van der Waals surface area contributed by atoms with Crippen LogP contribution in [0.25, 0.3) is 11.0 Å². The molecule has 1 aliphatic heterocycles. The van der Waals surface area contributed by atoms with Crippen LogP contribution in [0.2, 0.25) is 5.02 Å². The maximum absolute atomic E-state index is 13.2. The van der Waals surface area contributed by atoms with Gasteiger partial charge in [-0.15, -0.1) is 0 Å². The summed E-state index contributed by atoms with van der Waals surface area (Å²) in [6.45, 7) is 0.397. The summed E-state index contributed by atoms with van der Waals surface area (Å²) in [5, 5.41) is 0.720. The van der Waals surface area contributed by atoms with Crippen LogP contribution in [0.15, 0.2) is 51.7 Å². The van der Waals surface area contributed by atoms with E-state index in [1.165, 1.54) is 6.42 Å². The van der Waals surface area contributed by atoms with Gasteiger partial charge in [-0.1, -0.05) is 29.8 Å². The Labute approximate surface area is 166 Å². The van der Waals surface area contributed by atoms with E-state index in [9.17, 15) is 9.59 Å². The van der Waals surface area contributed by atoms with Gasteiger partial charge in [0.1, 0.15) is 5.75 Å². The first-order valence-corrected chi connectivity index (χ1v) is 9.83. The zero-order chi connectivity index (χ0) is 19.3. The van der Waals surface area contributed by atoms with Crippen LogP contribution in [-0.4, -0.2) is 18.6 Å². The second-order valence-electron chi connectivity index (χ2n) is 7.20. The number of carbonyl (C=O) groups excluding carboxylic acids is 1. The highest BCUT2D eigenvalue weighted by molar-refractivity contribution is 6.34. The minimum atomic E-state index is -0.343. The Balaban J connectivity index is 1.59. The highest BCUT2D eigenvalue weighted by Crippen LogP contribution is 2.36. The Hall–Kier alpha value is -2.79. The first-order chi connectivity index (χ1) is 13.6. The molecular formula is C22H18ClNO4. The molecule has 0 radical (unpaired) electrons. The van der Waals surface area contributed by atoms with Gasteiger partial charge in [0.15, 0.2) is 16.8 Å². The summed E-state index contributed by atoms with van der Waals surface area (Å²) in [7, 11) is 0. The number of para-hydroxylation sites is 3. The van der Waals surface area contributed by atoms with Crippen molar-refractivity contribution in [1.82, 2.24) is 0 Å². The number of halogens is 1. The third-order valence-electron chi connectivity index (χ3n) is 5.49. The average molecular weight is 396 g/mol. The lowest BCUT2D eigenvalue weighted by Gasteiger charge is -2.32. The van der Waals surface area contributed by atoms with Gasteiger partial charge >= 0.3 is 0 Å². The van der Waals surface area contributed by atoms with Gasteiger partial charge in [0.2, 0.25) is 0 Å². The van der Waals surface area contributed by atoms with Crippen molar-refractivity contribution < 1.29 is 13.9 Å². The van der Waals surface area contributed by atoms with Crippen LogP contribution < -0.4 is 15.1 Å². The number of ether oxygens (including phenoxy) is 1. The Morgan fingerprint density at radius 3 is 2.68 bits per heavy atom. The summed E-state index contributed by atoms with van der Waals surface area (Å²) in [5.41, 5.74) is 1.17. The number of hydrogen-bond donors (Lipinski definition) is 0. The van der Waals surface area contributed by atoms with Crippen molar-refractivity contribution in [3.8, 4) is 5.75 Å². The maximum atomic E-state index is 13.2. The minimum absolute atomic E-state index is 0.0651. The van der Waals surface area contributed by atoms with Gasteiger partial charge in [-0.3, -0.25) is 9.59 Å². The largest absolute Gasteiger partial charge is 0.488 e. The summed E-state index contributed by atoms with van der Waals surface area (Å²) in [6, 6.07) is 12.5. The zero-order valence-electron chi connectivity index (χ0n) is 15.1. The van der Waals surface area contributed by atoms with Gasteiger partial charge in [0.05, 0.1) is 27.8 Å². The molecule has 1 fully saturated rings. The highest BCUT2D eigenvalue weighted by Gasteiger charge is 2.33. The number of anilines is 1. The van der Waals surface area contributed by atoms with Crippen LogP contribution in [0.1, 0.15) is 35.4 Å². The first-order valence-electron chi connectivity index (χ1n) is 9.45. The molecule has 28 heavy (non-hydrogen) atoms. The molecule has 6 heteroatoms. The number of benzene rings is 2. The molecule has 142 valence electrons. The SMILES string of the molecule is O=C1c2oc3c(Cl)cccc3c(=O)c2CCN1c1ccccc1OC1CCC1. The van der Waals surface area contributed by atoms with E-state index in [0.29, 0.717) is 40.4 Å². The van der Waals surface area contributed by atoms with E-state index in [1.54, 1.807) is 23.1 Å². The Bertz CT molecular complexity index is 1150. The van der Waals surface area contributed by atoms with Crippen molar-refractivity contribution in [3.63, 3.8) is 0 Å². The van der Waals surface area contributed by atoms with Crippen molar-refractivity contribution in [2.45, 2.75) is 31.8 Å². The van der Waals surface area contributed by atoms with E-state index in [-0.39, 0.29) is 28.8 Å². The monoisotopic (exact) mass is 395 g/mol. The van der Waals surface area contributed by atoms with Gasteiger partial charge in [-0.2, -0.15) is 0 Å². The van der Waals surface area contributed by atoms with Gasteiger partial charge in [-0.05, 0) is 49.9 Å². The lowest BCUT2D eigenvalue weighted by Crippen LogP contribution is -2.40. The van der Waals surface area contributed by atoms with Crippen molar-refractivity contribution in [3.05, 3.63) is 69.0 Å². The molecule has 1 saturated carbocycles. The molecule has 1 aliphatic carbocycles.